The number of rotatable bonds is 6. The van der Waals surface area contributed by atoms with Crippen LogP contribution in [-0.2, 0) is 29.1 Å². The van der Waals surface area contributed by atoms with Crippen LogP contribution < -0.4 is 5.32 Å². The fourth-order valence-corrected chi connectivity index (χ4v) is 3.24. The van der Waals surface area contributed by atoms with Gasteiger partial charge in [-0.15, -0.1) is 5.10 Å². The minimum atomic E-state index is -0.122. The van der Waals surface area contributed by atoms with Crippen molar-refractivity contribution in [2.75, 3.05) is 6.54 Å². The molecule has 0 aliphatic carbocycles. The predicted molar refractivity (Wildman–Crippen MR) is 102 cm³/mol. The zero-order valence-electron chi connectivity index (χ0n) is 15.7. The third-order valence-corrected chi connectivity index (χ3v) is 4.74. The minimum absolute atomic E-state index is 0.0164. The number of aromatic nitrogens is 5. The van der Waals surface area contributed by atoms with Crippen molar-refractivity contribution in [3.05, 3.63) is 59.8 Å². The van der Waals surface area contributed by atoms with Crippen LogP contribution in [0.5, 0.6) is 0 Å². The van der Waals surface area contributed by atoms with E-state index >= 15 is 0 Å². The van der Waals surface area contributed by atoms with E-state index in [-0.39, 0.29) is 12.0 Å². The Bertz CT molecular complexity index is 956. The molecule has 8 nitrogen and oxygen atoms in total. The molecular formula is C20H22N6O2. The van der Waals surface area contributed by atoms with E-state index in [1.807, 2.05) is 16.8 Å². The Kier molecular flexibility index (Phi) is 5.38. The molecule has 0 radical (unpaired) electrons. The molecule has 144 valence electrons. The molecule has 1 aromatic carbocycles. The van der Waals surface area contributed by atoms with Gasteiger partial charge in [0.15, 0.2) is 0 Å². The second-order valence-corrected chi connectivity index (χ2v) is 6.92. The number of ether oxygens (including phenoxy) is 1. The summed E-state index contributed by atoms with van der Waals surface area (Å²) in [6.07, 6.45) is 5.82. The monoisotopic (exact) mass is 378 g/mol. The summed E-state index contributed by atoms with van der Waals surface area (Å²) in [5.41, 5.74) is 5.00. The quantitative estimate of drug-likeness (QED) is 0.701. The van der Waals surface area contributed by atoms with Crippen molar-refractivity contribution in [2.24, 2.45) is 0 Å². The maximum Gasteiger partial charge on any atom is 0.220 e. The third kappa shape index (κ3) is 4.23. The van der Waals surface area contributed by atoms with Crippen molar-refractivity contribution in [2.45, 2.75) is 39.0 Å². The lowest BCUT2D eigenvalue weighted by Crippen LogP contribution is -2.39. The Morgan fingerprint density at radius 1 is 1.32 bits per heavy atom. The molecule has 0 fully saturated rings. The van der Waals surface area contributed by atoms with Gasteiger partial charge in [0.1, 0.15) is 12.0 Å². The molecule has 4 rings (SSSR count). The van der Waals surface area contributed by atoms with Gasteiger partial charge in [-0.3, -0.25) is 4.79 Å². The zero-order chi connectivity index (χ0) is 19.3. The highest BCUT2D eigenvalue weighted by atomic mass is 16.5. The van der Waals surface area contributed by atoms with Crippen molar-refractivity contribution >= 4 is 5.91 Å². The lowest BCUT2D eigenvalue weighted by molar-refractivity contribution is -0.122. The van der Waals surface area contributed by atoms with Crippen LogP contribution in [0.15, 0.2) is 43.0 Å². The fourth-order valence-electron chi connectivity index (χ4n) is 3.24. The van der Waals surface area contributed by atoms with E-state index in [4.69, 9.17) is 4.74 Å². The topological polar surface area (TPSA) is 94.8 Å². The molecule has 0 unspecified atom stereocenters. The van der Waals surface area contributed by atoms with Crippen LogP contribution in [0.2, 0.25) is 0 Å². The summed E-state index contributed by atoms with van der Waals surface area (Å²) in [5.74, 6) is -0.0164. The molecule has 1 atom stereocenters. The van der Waals surface area contributed by atoms with E-state index in [1.54, 1.807) is 12.4 Å². The first-order chi connectivity index (χ1) is 13.7. The number of nitrogens with one attached hydrogen (secondary N) is 1. The van der Waals surface area contributed by atoms with Crippen LogP contribution in [0.4, 0.5) is 0 Å². The molecule has 1 N–H and O–H groups in total. The number of hydrogen-bond donors (Lipinski definition) is 1. The number of carbonyl (C=O) groups excluding carboxylic acids is 1. The van der Waals surface area contributed by atoms with Gasteiger partial charge in [-0.2, -0.15) is 0 Å². The number of amides is 1. The number of fused-ring (bicyclic) bond motifs is 1. The van der Waals surface area contributed by atoms with Gasteiger partial charge in [0.25, 0.3) is 0 Å². The summed E-state index contributed by atoms with van der Waals surface area (Å²) < 4.78 is 7.81. The fraction of sp³-hybridized carbons (Fsp3) is 0.350. The Balaban J connectivity index is 1.31. The van der Waals surface area contributed by atoms with E-state index < -0.39 is 0 Å². The number of hydrogen-bond acceptors (Lipinski definition) is 6. The highest BCUT2D eigenvalue weighted by Crippen LogP contribution is 2.25. The van der Waals surface area contributed by atoms with Gasteiger partial charge in [0.05, 0.1) is 24.9 Å². The number of benzene rings is 1. The third-order valence-electron chi connectivity index (χ3n) is 4.74. The highest BCUT2D eigenvalue weighted by Gasteiger charge is 2.24. The molecule has 3 aromatic rings. The smallest absolute Gasteiger partial charge is 0.220 e. The van der Waals surface area contributed by atoms with Crippen LogP contribution in [0.25, 0.3) is 11.3 Å². The van der Waals surface area contributed by atoms with E-state index in [0.717, 1.165) is 22.5 Å². The molecule has 0 bridgehead atoms. The summed E-state index contributed by atoms with van der Waals surface area (Å²) in [5, 5.41) is 11.5. The maximum absolute atomic E-state index is 12.1. The lowest BCUT2D eigenvalue weighted by atomic mass is 10.1. The van der Waals surface area contributed by atoms with Crippen LogP contribution in [0.3, 0.4) is 0 Å². The molecular weight excluding hydrogens is 356 g/mol. The number of carbonyl (C=O) groups is 1. The van der Waals surface area contributed by atoms with Gasteiger partial charge < -0.3 is 10.1 Å². The lowest BCUT2D eigenvalue weighted by Gasteiger charge is -2.24. The van der Waals surface area contributed by atoms with Crippen LogP contribution >= 0.6 is 0 Å². The van der Waals surface area contributed by atoms with Crippen molar-refractivity contribution in [3.63, 3.8) is 0 Å². The molecule has 2 aromatic heterocycles. The summed E-state index contributed by atoms with van der Waals surface area (Å²) >= 11 is 0. The van der Waals surface area contributed by atoms with Gasteiger partial charge in [-0.1, -0.05) is 29.0 Å². The SMILES string of the molecule is Cc1cccc(-c2nnn3c2CO[C@H](CNC(=O)CCc2cncnc2)C3)c1. The number of aryl methyl sites for hydroxylation is 2. The Hall–Kier alpha value is -3.13. The molecule has 3 heterocycles. The molecule has 8 heteroatoms. The molecule has 0 saturated heterocycles. The average molecular weight is 378 g/mol. The van der Waals surface area contributed by atoms with Crippen molar-refractivity contribution in [1.82, 2.24) is 30.3 Å². The van der Waals surface area contributed by atoms with Gasteiger partial charge >= 0.3 is 0 Å². The Morgan fingerprint density at radius 2 is 2.18 bits per heavy atom. The molecule has 28 heavy (non-hydrogen) atoms. The van der Waals surface area contributed by atoms with Gasteiger partial charge in [-0.25, -0.2) is 14.6 Å². The molecule has 1 aliphatic rings. The standard InChI is InChI=1S/C20H22N6O2/c1-14-3-2-4-16(7-14)20-18-12-28-17(11-26(18)25-24-20)10-23-19(27)6-5-15-8-21-13-22-9-15/h2-4,7-9,13,17H,5-6,10-12H2,1H3,(H,23,27)/t17-/m1/s1. The normalized spacial score (nSPS) is 15.8. The molecule has 0 spiro atoms. The largest absolute Gasteiger partial charge is 0.368 e. The van der Waals surface area contributed by atoms with E-state index in [2.05, 4.69) is 44.7 Å². The zero-order valence-corrected chi connectivity index (χ0v) is 15.7. The first kappa shape index (κ1) is 18.2. The number of nitrogens with zero attached hydrogens (tertiary/aromatic N) is 5. The van der Waals surface area contributed by atoms with Crippen molar-refractivity contribution in [1.29, 1.82) is 0 Å². The summed E-state index contributed by atoms with van der Waals surface area (Å²) in [7, 11) is 0. The van der Waals surface area contributed by atoms with E-state index in [0.29, 0.717) is 32.5 Å². The molecule has 1 amide bonds. The average Bonchev–Trinajstić information content (AvgIpc) is 3.15. The summed E-state index contributed by atoms with van der Waals surface area (Å²) in [6, 6.07) is 8.19. The van der Waals surface area contributed by atoms with Crippen molar-refractivity contribution in [3.8, 4) is 11.3 Å². The highest BCUT2D eigenvalue weighted by molar-refractivity contribution is 5.76. The molecule has 1 aliphatic heterocycles. The maximum atomic E-state index is 12.1. The second kappa shape index (κ2) is 8.26. The minimum Gasteiger partial charge on any atom is -0.368 e. The first-order valence-corrected chi connectivity index (χ1v) is 9.30. The van der Waals surface area contributed by atoms with Crippen LogP contribution in [0.1, 0.15) is 23.2 Å². The first-order valence-electron chi connectivity index (χ1n) is 9.30. The van der Waals surface area contributed by atoms with Gasteiger partial charge in [0, 0.05) is 30.9 Å². The predicted octanol–water partition coefficient (Wildman–Crippen LogP) is 1.69. The summed E-state index contributed by atoms with van der Waals surface area (Å²) in [6.45, 7) is 3.50. The van der Waals surface area contributed by atoms with Crippen molar-refractivity contribution < 1.29 is 9.53 Å². The van der Waals surface area contributed by atoms with Crippen LogP contribution in [0, 0.1) is 6.92 Å². The van der Waals surface area contributed by atoms with Gasteiger partial charge in [0.2, 0.25) is 5.91 Å². The Morgan fingerprint density at radius 3 is 3.00 bits per heavy atom. The van der Waals surface area contributed by atoms with E-state index in [1.165, 1.54) is 11.9 Å². The summed E-state index contributed by atoms with van der Waals surface area (Å²) in [4.78, 5) is 20.0. The van der Waals surface area contributed by atoms with Crippen LogP contribution in [-0.4, -0.2) is 43.5 Å². The second-order valence-electron chi connectivity index (χ2n) is 6.92. The van der Waals surface area contributed by atoms with E-state index in [9.17, 15) is 4.79 Å². The molecule has 0 saturated carbocycles. The van der Waals surface area contributed by atoms with Gasteiger partial charge in [-0.05, 0) is 25.0 Å². The Labute approximate surface area is 163 Å².